The zero-order chi connectivity index (χ0) is 13.0. The first kappa shape index (κ1) is 13.3. The molecule has 0 radical (unpaired) electrons. The molecule has 2 rings (SSSR count). The summed E-state index contributed by atoms with van der Waals surface area (Å²) < 4.78 is 0. The highest BCUT2D eigenvalue weighted by Gasteiger charge is 2.22. The highest BCUT2D eigenvalue weighted by atomic mass is 32.2. The fourth-order valence-electron chi connectivity index (χ4n) is 2.37. The number of anilines is 1. The average Bonchev–Trinajstić information content (AvgIpc) is 2.92. The van der Waals surface area contributed by atoms with Crippen LogP contribution in [0.1, 0.15) is 18.9 Å². The van der Waals surface area contributed by atoms with Gasteiger partial charge in [-0.05, 0) is 30.9 Å². The Balaban J connectivity index is 2.31. The van der Waals surface area contributed by atoms with Crippen LogP contribution in [0.5, 0.6) is 0 Å². The second-order valence-corrected chi connectivity index (χ2v) is 5.76. The maximum Gasteiger partial charge on any atom is 0.103 e. The van der Waals surface area contributed by atoms with Gasteiger partial charge in [-0.1, -0.05) is 13.0 Å². The predicted molar refractivity (Wildman–Crippen MR) is 77.2 cm³/mol. The van der Waals surface area contributed by atoms with Gasteiger partial charge in [0, 0.05) is 24.5 Å². The SMILES string of the molecule is CCSc1cccc(N(C)C2CCNC2)c1C#N. The van der Waals surface area contributed by atoms with Gasteiger partial charge in [-0.2, -0.15) is 5.26 Å². The molecule has 1 aliphatic rings. The van der Waals surface area contributed by atoms with Crippen molar-refractivity contribution in [3.05, 3.63) is 23.8 Å². The van der Waals surface area contributed by atoms with Gasteiger partial charge < -0.3 is 10.2 Å². The smallest absolute Gasteiger partial charge is 0.103 e. The van der Waals surface area contributed by atoms with Crippen LogP contribution < -0.4 is 10.2 Å². The van der Waals surface area contributed by atoms with Gasteiger partial charge >= 0.3 is 0 Å². The molecule has 0 aromatic heterocycles. The minimum absolute atomic E-state index is 0.499. The molecule has 0 saturated carbocycles. The van der Waals surface area contributed by atoms with Gasteiger partial charge in [0.2, 0.25) is 0 Å². The Kier molecular flexibility index (Phi) is 4.51. The molecule has 0 spiro atoms. The van der Waals surface area contributed by atoms with E-state index in [0.717, 1.165) is 41.4 Å². The molecule has 0 aliphatic carbocycles. The molecule has 0 bridgehead atoms. The van der Waals surface area contributed by atoms with E-state index in [4.69, 9.17) is 0 Å². The zero-order valence-corrected chi connectivity index (χ0v) is 11.8. The van der Waals surface area contributed by atoms with Crippen molar-refractivity contribution in [1.29, 1.82) is 5.26 Å². The van der Waals surface area contributed by atoms with Gasteiger partial charge in [0.05, 0.1) is 11.3 Å². The molecule has 1 fully saturated rings. The first-order valence-corrected chi connectivity index (χ1v) is 7.36. The van der Waals surface area contributed by atoms with Crippen molar-refractivity contribution in [2.45, 2.75) is 24.3 Å². The Bertz CT molecular complexity index is 447. The van der Waals surface area contributed by atoms with E-state index in [0.29, 0.717) is 6.04 Å². The number of rotatable bonds is 4. The second kappa shape index (κ2) is 6.12. The second-order valence-electron chi connectivity index (χ2n) is 4.45. The summed E-state index contributed by atoms with van der Waals surface area (Å²) in [6.45, 7) is 4.19. The summed E-state index contributed by atoms with van der Waals surface area (Å²) in [6, 6.07) is 9.01. The molecule has 1 N–H and O–H groups in total. The fraction of sp³-hybridized carbons (Fsp3) is 0.500. The van der Waals surface area contributed by atoms with E-state index in [1.165, 1.54) is 0 Å². The lowest BCUT2D eigenvalue weighted by molar-refractivity contribution is 0.684. The minimum Gasteiger partial charge on any atom is -0.369 e. The lowest BCUT2D eigenvalue weighted by Gasteiger charge is -2.27. The summed E-state index contributed by atoms with van der Waals surface area (Å²) in [6.07, 6.45) is 1.15. The van der Waals surface area contributed by atoms with Gasteiger partial charge in [-0.25, -0.2) is 0 Å². The summed E-state index contributed by atoms with van der Waals surface area (Å²) in [4.78, 5) is 3.34. The van der Waals surface area contributed by atoms with Gasteiger partial charge in [-0.15, -0.1) is 11.8 Å². The number of likely N-dealkylation sites (N-methyl/N-ethyl adjacent to an activating group) is 1. The van der Waals surface area contributed by atoms with E-state index in [-0.39, 0.29) is 0 Å². The summed E-state index contributed by atoms with van der Waals surface area (Å²) in [5.41, 5.74) is 1.88. The van der Waals surface area contributed by atoms with E-state index in [9.17, 15) is 5.26 Å². The average molecular weight is 261 g/mol. The Morgan fingerprint density at radius 1 is 1.56 bits per heavy atom. The fourth-order valence-corrected chi connectivity index (χ4v) is 3.15. The molecule has 1 atom stereocenters. The van der Waals surface area contributed by atoms with E-state index in [1.807, 2.05) is 12.1 Å². The Hall–Kier alpha value is -1.18. The van der Waals surface area contributed by atoms with Crippen LogP contribution in [0.4, 0.5) is 5.69 Å². The van der Waals surface area contributed by atoms with Crippen LogP contribution in [0.15, 0.2) is 23.1 Å². The van der Waals surface area contributed by atoms with Crippen molar-refractivity contribution in [3.63, 3.8) is 0 Å². The lowest BCUT2D eigenvalue weighted by Crippen LogP contribution is -2.33. The summed E-state index contributed by atoms with van der Waals surface area (Å²) in [5, 5.41) is 12.8. The normalized spacial score (nSPS) is 18.6. The van der Waals surface area contributed by atoms with E-state index in [2.05, 4.69) is 36.3 Å². The number of nitriles is 1. The molecule has 3 nitrogen and oxygen atoms in total. The molecule has 18 heavy (non-hydrogen) atoms. The van der Waals surface area contributed by atoms with Crippen molar-refractivity contribution in [2.24, 2.45) is 0 Å². The van der Waals surface area contributed by atoms with Crippen molar-refractivity contribution < 1.29 is 0 Å². The minimum atomic E-state index is 0.499. The lowest BCUT2D eigenvalue weighted by atomic mass is 10.1. The van der Waals surface area contributed by atoms with Crippen molar-refractivity contribution in [1.82, 2.24) is 5.32 Å². The molecule has 0 amide bonds. The molecular weight excluding hydrogens is 242 g/mol. The largest absolute Gasteiger partial charge is 0.369 e. The monoisotopic (exact) mass is 261 g/mol. The highest BCUT2D eigenvalue weighted by Crippen LogP contribution is 2.31. The molecule has 1 heterocycles. The van der Waals surface area contributed by atoms with Gasteiger partial charge in [0.25, 0.3) is 0 Å². The number of benzene rings is 1. The van der Waals surface area contributed by atoms with Crippen LogP contribution in [-0.4, -0.2) is 31.9 Å². The highest BCUT2D eigenvalue weighted by molar-refractivity contribution is 7.99. The number of hydrogen-bond acceptors (Lipinski definition) is 4. The molecular formula is C14H19N3S. The third-order valence-electron chi connectivity index (χ3n) is 3.38. The number of nitrogens with zero attached hydrogens (tertiary/aromatic N) is 2. The molecule has 1 aromatic carbocycles. The standard InChI is InChI=1S/C14H19N3S/c1-3-18-14-6-4-5-13(12(14)9-15)17(2)11-7-8-16-10-11/h4-6,11,16H,3,7-8,10H2,1-2H3. The molecule has 1 unspecified atom stereocenters. The molecule has 1 aliphatic heterocycles. The number of thioether (sulfide) groups is 1. The van der Waals surface area contributed by atoms with Crippen molar-refractivity contribution in [3.8, 4) is 6.07 Å². The molecule has 1 saturated heterocycles. The Morgan fingerprint density at radius 3 is 3.00 bits per heavy atom. The number of nitrogens with one attached hydrogen (secondary N) is 1. The Morgan fingerprint density at radius 2 is 2.39 bits per heavy atom. The first-order chi connectivity index (χ1) is 8.77. The maximum absolute atomic E-state index is 9.41. The van der Waals surface area contributed by atoms with Crippen LogP contribution in [0.2, 0.25) is 0 Å². The van der Waals surface area contributed by atoms with Crippen LogP contribution in [0, 0.1) is 11.3 Å². The first-order valence-electron chi connectivity index (χ1n) is 6.37. The third-order valence-corrected chi connectivity index (χ3v) is 4.32. The quantitative estimate of drug-likeness (QED) is 0.845. The van der Waals surface area contributed by atoms with Gasteiger partial charge in [0.15, 0.2) is 0 Å². The van der Waals surface area contributed by atoms with Gasteiger partial charge in [-0.3, -0.25) is 0 Å². The number of hydrogen-bond donors (Lipinski definition) is 1. The van der Waals surface area contributed by atoms with E-state index in [1.54, 1.807) is 11.8 Å². The van der Waals surface area contributed by atoms with Gasteiger partial charge in [0.1, 0.15) is 6.07 Å². The molecule has 96 valence electrons. The summed E-state index contributed by atoms with van der Waals surface area (Å²) >= 11 is 1.74. The zero-order valence-electron chi connectivity index (χ0n) is 10.9. The van der Waals surface area contributed by atoms with Crippen molar-refractivity contribution >= 4 is 17.4 Å². The van der Waals surface area contributed by atoms with Crippen LogP contribution in [0.3, 0.4) is 0 Å². The molecule has 4 heteroatoms. The van der Waals surface area contributed by atoms with Crippen molar-refractivity contribution in [2.75, 3.05) is 30.8 Å². The van der Waals surface area contributed by atoms with E-state index >= 15 is 0 Å². The van der Waals surface area contributed by atoms with E-state index < -0.39 is 0 Å². The Labute approximate surface area is 113 Å². The third kappa shape index (κ3) is 2.63. The topological polar surface area (TPSA) is 39.1 Å². The van der Waals surface area contributed by atoms with Crippen LogP contribution in [-0.2, 0) is 0 Å². The van der Waals surface area contributed by atoms with Crippen LogP contribution in [0.25, 0.3) is 0 Å². The summed E-state index contributed by atoms with van der Waals surface area (Å²) in [7, 11) is 2.09. The summed E-state index contributed by atoms with van der Waals surface area (Å²) in [5.74, 6) is 0.993. The predicted octanol–water partition coefficient (Wildman–Crippen LogP) is 2.47. The molecule has 1 aromatic rings. The van der Waals surface area contributed by atoms with Crippen LogP contribution >= 0.6 is 11.8 Å². The maximum atomic E-state index is 9.41.